The summed E-state index contributed by atoms with van der Waals surface area (Å²) in [5.41, 5.74) is 3.30. The van der Waals surface area contributed by atoms with E-state index in [1.54, 1.807) is 4.90 Å². The zero-order valence-electron chi connectivity index (χ0n) is 17.4. The highest BCUT2D eigenvalue weighted by Gasteiger charge is 2.28. The first-order valence-corrected chi connectivity index (χ1v) is 10.1. The largest absolute Gasteiger partial charge is 0.352 e. The molecule has 0 saturated carbocycles. The van der Waals surface area contributed by atoms with Crippen molar-refractivity contribution in [2.24, 2.45) is 0 Å². The Morgan fingerprint density at radius 2 is 1.61 bits per heavy atom. The van der Waals surface area contributed by atoms with Crippen LogP contribution in [0.25, 0.3) is 0 Å². The van der Waals surface area contributed by atoms with Gasteiger partial charge in [-0.3, -0.25) is 9.59 Å². The van der Waals surface area contributed by atoms with Gasteiger partial charge in [0.25, 0.3) is 0 Å². The van der Waals surface area contributed by atoms with Gasteiger partial charge in [-0.1, -0.05) is 67.1 Å². The first kappa shape index (κ1) is 21.7. The summed E-state index contributed by atoms with van der Waals surface area (Å²) < 4.78 is 0. The maximum atomic E-state index is 13.2. The number of aryl methyl sites for hydroxylation is 1. The quantitative estimate of drug-likeness (QED) is 0.717. The lowest BCUT2D eigenvalue weighted by Crippen LogP contribution is -2.51. The fourth-order valence-corrected chi connectivity index (χ4v) is 3.26. The number of amides is 2. The van der Waals surface area contributed by atoms with Gasteiger partial charge < -0.3 is 10.2 Å². The molecule has 1 unspecified atom stereocenters. The summed E-state index contributed by atoms with van der Waals surface area (Å²) in [4.78, 5) is 27.6. The number of hydrogen-bond donors (Lipinski definition) is 1. The Bertz CT molecular complexity index is 754. The van der Waals surface area contributed by atoms with E-state index < -0.39 is 6.04 Å². The van der Waals surface area contributed by atoms with Crippen LogP contribution in [-0.4, -0.2) is 35.3 Å². The van der Waals surface area contributed by atoms with E-state index in [2.05, 4.69) is 17.4 Å². The molecule has 0 heterocycles. The van der Waals surface area contributed by atoms with Gasteiger partial charge >= 0.3 is 0 Å². The summed E-state index contributed by atoms with van der Waals surface area (Å²) in [5, 5.41) is 2.97. The van der Waals surface area contributed by atoms with E-state index in [0.717, 1.165) is 17.5 Å². The third-order valence-corrected chi connectivity index (χ3v) is 4.78. The molecule has 1 N–H and O–H groups in total. The number of carbonyl (C=O) groups excluding carboxylic acids is 2. The van der Waals surface area contributed by atoms with Gasteiger partial charge in [-0.05, 0) is 44.7 Å². The predicted octanol–water partition coefficient (Wildman–Crippen LogP) is 3.91. The third-order valence-electron chi connectivity index (χ3n) is 4.78. The summed E-state index contributed by atoms with van der Waals surface area (Å²) in [5.74, 6) is -0.0895. The molecule has 2 aromatic rings. The second-order valence-electron chi connectivity index (χ2n) is 7.57. The molecule has 2 amide bonds. The number of nitrogens with zero attached hydrogens (tertiary/aromatic N) is 1. The molecule has 28 heavy (non-hydrogen) atoms. The molecule has 2 rings (SSSR count). The number of hydrogen-bond acceptors (Lipinski definition) is 2. The van der Waals surface area contributed by atoms with Gasteiger partial charge in [-0.25, -0.2) is 0 Å². The van der Waals surface area contributed by atoms with Crippen molar-refractivity contribution in [3.63, 3.8) is 0 Å². The Kier molecular flexibility index (Phi) is 8.24. The average Bonchev–Trinajstić information content (AvgIpc) is 2.67. The van der Waals surface area contributed by atoms with E-state index in [0.29, 0.717) is 19.4 Å². The molecule has 4 heteroatoms. The number of rotatable bonds is 9. The summed E-state index contributed by atoms with van der Waals surface area (Å²) >= 11 is 0. The van der Waals surface area contributed by atoms with Crippen LogP contribution in [0.3, 0.4) is 0 Å². The highest BCUT2D eigenvalue weighted by molar-refractivity contribution is 5.88. The highest BCUT2D eigenvalue weighted by atomic mass is 16.2. The molecule has 0 fully saturated rings. The molecule has 0 aliphatic carbocycles. The van der Waals surface area contributed by atoms with Crippen LogP contribution in [-0.2, 0) is 22.4 Å². The van der Waals surface area contributed by atoms with Crippen molar-refractivity contribution in [3.8, 4) is 0 Å². The second-order valence-corrected chi connectivity index (χ2v) is 7.57. The lowest BCUT2D eigenvalue weighted by molar-refractivity contribution is -0.140. The molecule has 0 saturated heterocycles. The van der Waals surface area contributed by atoms with E-state index in [-0.39, 0.29) is 17.9 Å². The average molecular weight is 381 g/mol. The molecule has 4 nitrogen and oxygen atoms in total. The van der Waals surface area contributed by atoms with Crippen molar-refractivity contribution in [3.05, 3.63) is 71.3 Å². The molecule has 0 aromatic heterocycles. The fourth-order valence-electron chi connectivity index (χ4n) is 3.26. The van der Waals surface area contributed by atoms with Gasteiger partial charge in [0, 0.05) is 12.6 Å². The Morgan fingerprint density at radius 3 is 2.18 bits per heavy atom. The van der Waals surface area contributed by atoms with Crippen LogP contribution in [0.2, 0.25) is 0 Å². The lowest BCUT2D eigenvalue weighted by atomic mass is 10.1. The monoisotopic (exact) mass is 380 g/mol. The smallest absolute Gasteiger partial charge is 0.242 e. The van der Waals surface area contributed by atoms with E-state index in [4.69, 9.17) is 0 Å². The summed E-state index contributed by atoms with van der Waals surface area (Å²) in [6, 6.07) is 17.7. The van der Waals surface area contributed by atoms with Crippen molar-refractivity contribution in [2.45, 2.75) is 59.0 Å². The minimum atomic E-state index is -0.455. The van der Waals surface area contributed by atoms with Crippen molar-refractivity contribution in [2.75, 3.05) is 6.54 Å². The van der Waals surface area contributed by atoms with E-state index in [9.17, 15) is 9.59 Å². The second kappa shape index (κ2) is 10.6. The number of benzene rings is 2. The lowest BCUT2D eigenvalue weighted by Gasteiger charge is -2.31. The molecule has 0 aliphatic heterocycles. The Morgan fingerprint density at radius 1 is 0.964 bits per heavy atom. The number of carbonyl (C=O) groups is 2. The van der Waals surface area contributed by atoms with Gasteiger partial charge in [0.05, 0.1) is 6.42 Å². The molecule has 150 valence electrons. The minimum Gasteiger partial charge on any atom is -0.352 e. The zero-order valence-corrected chi connectivity index (χ0v) is 17.4. The van der Waals surface area contributed by atoms with Gasteiger partial charge in [0.2, 0.25) is 11.8 Å². The van der Waals surface area contributed by atoms with Crippen molar-refractivity contribution >= 4 is 11.8 Å². The fraction of sp³-hybridized carbons (Fsp3) is 0.417. The summed E-state index contributed by atoms with van der Waals surface area (Å²) in [6.45, 7) is 8.39. The Hall–Kier alpha value is -2.62. The normalized spacial score (nSPS) is 11.9. The summed E-state index contributed by atoms with van der Waals surface area (Å²) in [7, 11) is 0. The Labute approximate surface area is 169 Å². The van der Waals surface area contributed by atoms with Crippen LogP contribution in [0.5, 0.6) is 0 Å². The topological polar surface area (TPSA) is 49.4 Å². The van der Waals surface area contributed by atoms with Crippen LogP contribution >= 0.6 is 0 Å². The molecular weight excluding hydrogens is 348 g/mol. The molecule has 0 aliphatic rings. The Balaban J connectivity index is 2.18. The molecule has 0 spiro atoms. The minimum absolute atomic E-state index is 0.00876. The van der Waals surface area contributed by atoms with E-state index in [1.165, 1.54) is 5.56 Å². The van der Waals surface area contributed by atoms with Crippen LogP contribution in [0.4, 0.5) is 0 Å². The molecule has 2 aromatic carbocycles. The predicted molar refractivity (Wildman–Crippen MR) is 114 cm³/mol. The maximum absolute atomic E-state index is 13.2. The highest BCUT2D eigenvalue weighted by Crippen LogP contribution is 2.13. The first-order valence-electron chi connectivity index (χ1n) is 10.1. The van der Waals surface area contributed by atoms with Crippen molar-refractivity contribution < 1.29 is 9.59 Å². The van der Waals surface area contributed by atoms with E-state index in [1.807, 2.05) is 70.2 Å². The van der Waals surface area contributed by atoms with Gasteiger partial charge in [0.15, 0.2) is 0 Å². The van der Waals surface area contributed by atoms with Crippen LogP contribution in [0, 0.1) is 6.92 Å². The standard InChI is InChI=1S/C24H32N2O2/c1-5-22(24(28)25-18(2)3)26(16-15-20-9-7-6-8-10-20)23(27)17-21-13-11-19(4)12-14-21/h6-14,18,22H,5,15-17H2,1-4H3,(H,25,28). The molecular formula is C24H32N2O2. The van der Waals surface area contributed by atoms with E-state index >= 15 is 0 Å². The summed E-state index contributed by atoms with van der Waals surface area (Å²) in [6.07, 6.45) is 1.62. The number of nitrogens with one attached hydrogen (secondary N) is 1. The van der Waals surface area contributed by atoms with Gasteiger partial charge in [0.1, 0.15) is 6.04 Å². The van der Waals surface area contributed by atoms with Crippen molar-refractivity contribution in [1.82, 2.24) is 10.2 Å². The first-order chi connectivity index (χ1) is 13.4. The van der Waals surface area contributed by atoms with Crippen molar-refractivity contribution in [1.29, 1.82) is 0 Å². The van der Waals surface area contributed by atoms with Gasteiger partial charge in [-0.15, -0.1) is 0 Å². The molecule has 1 atom stereocenters. The zero-order chi connectivity index (χ0) is 20.5. The van der Waals surface area contributed by atoms with Crippen LogP contribution in [0.15, 0.2) is 54.6 Å². The third kappa shape index (κ3) is 6.52. The molecule has 0 radical (unpaired) electrons. The maximum Gasteiger partial charge on any atom is 0.242 e. The van der Waals surface area contributed by atoms with Gasteiger partial charge in [-0.2, -0.15) is 0 Å². The van der Waals surface area contributed by atoms with Crippen LogP contribution in [0.1, 0.15) is 43.9 Å². The van der Waals surface area contributed by atoms with Crippen LogP contribution < -0.4 is 5.32 Å². The SMILES string of the molecule is CCC(C(=O)NC(C)C)N(CCc1ccccc1)C(=O)Cc1ccc(C)cc1. The molecule has 0 bridgehead atoms.